The Morgan fingerprint density at radius 3 is 2.90 bits per heavy atom. The number of nitrogens with one attached hydrogen (secondary N) is 2. The normalized spacial score (nSPS) is 14.8. The average Bonchev–Trinajstić information content (AvgIpc) is 3.30. The molecular weight excluding hydrogens is 388 g/mol. The molecule has 3 heterocycles. The van der Waals surface area contributed by atoms with Gasteiger partial charge in [0.05, 0.1) is 13.2 Å². The van der Waals surface area contributed by atoms with Crippen LogP contribution in [0.25, 0.3) is 17.0 Å². The molecule has 3 aromatic rings. The predicted octanol–water partition coefficient (Wildman–Crippen LogP) is 3.02. The number of carbonyl (C=O) groups excluding carboxylic acids is 1. The molecule has 4 rings (SSSR count). The van der Waals surface area contributed by atoms with Crippen LogP contribution in [0.4, 0.5) is 10.3 Å². The first-order chi connectivity index (χ1) is 14.0. The largest absolute Gasteiger partial charge is 0.378 e. The number of hydrogen-bond acceptors (Lipinski definition) is 7. The maximum Gasteiger partial charge on any atom is 0.268 e. The van der Waals surface area contributed by atoms with Crippen LogP contribution in [0.15, 0.2) is 23.8 Å². The second-order valence-corrected chi connectivity index (χ2v) is 7.78. The molecule has 1 amide bonds. The number of anilines is 2. The molecule has 0 saturated carbocycles. The zero-order valence-corrected chi connectivity index (χ0v) is 17.0. The molecule has 9 heteroatoms. The fourth-order valence-corrected chi connectivity index (χ4v) is 4.04. The van der Waals surface area contributed by atoms with Gasteiger partial charge in [0.15, 0.2) is 0 Å². The molecule has 0 radical (unpaired) electrons. The number of ether oxygens (including phenoxy) is 1. The molecule has 1 fully saturated rings. The molecule has 2 N–H and O–H groups in total. The lowest BCUT2D eigenvalue weighted by Gasteiger charge is -2.25. The number of rotatable bonds is 4. The van der Waals surface area contributed by atoms with Crippen molar-refractivity contribution in [2.24, 2.45) is 0 Å². The van der Waals surface area contributed by atoms with Gasteiger partial charge in [-0.1, -0.05) is 23.0 Å². The van der Waals surface area contributed by atoms with Crippen molar-refractivity contribution < 1.29 is 9.53 Å². The quantitative estimate of drug-likeness (QED) is 0.508. The molecule has 1 aromatic carbocycles. The van der Waals surface area contributed by atoms with Crippen molar-refractivity contribution in [3.8, 4) is 6.07 Å². The smallest absolute Gasteiger partial charge is 0.268 e. The Labute approximate surface area is 171 Å². The molecule has 1 saturated heterocycles. The first kappa shape index (κ1) is 19.1. The molecule has 0 spiro atoms. The van der Waals surface area contributed by atoms with Gasteiger partial charge >= 0.3 is 0 Å². The number of aromatic nitrogens is 3. The predicted molar refractivity (Wildman–Crippen MR) is 113 cm³/mol. The number of morpholine rings is 1. The van der Waals surface area contributed by atoms with Crippen molar-refractivity contribution in [1.82, 2.24) is 15.2 Å². The summed E-state index contributed by atoms with van der Waals surface area (Å²) in [4.78, 5) is 18.0. The molecule has 1 aliphatic rings. The highest BCUT2D eigenvalue weighted by molar-refractivity contribution is 7.19. The minimum atomic E-state index is -0.501. The SMILES string of the molecule is Cc1ccc2[nH]c(C)c(/C=C(/C#N)C(=O)Nc3nnc(N4CCOCC4)s3)c2c1. The number of fused-ring (bicyclic) bond motifs is 1. The van der Waals surface area contributed by atoms with E-state index in [2.05, 4.69) is 25.4 Å². The first-order valence-corrected chi connectivity index (χ1v) is 10.0. The third-order valence-electron chi connectivity index (χ3n) is 4.76. The Balaban J connectivity index is 1.56. The van der Waals surface area contributed by atoms with Crippen molar-refractivity contribution in [2.45, 2.75) is 13.8 Å². The third-order valence-corrected chi connectivity index (χ3v) is 5.66. The zero-order valence-electron chi connectivity index (χ0n) is 16.2. The van der Waals surface area contributed by atoms with E-state index in [0.29, 0.717) is 18.3 Å². The van der Waals surface area contributed by atoms with Gasteiger partial charge in [-0.3, -0.25) is 10.1 Å². The van der Waals surface area contributed by atoms with Crippen LogP contribution in [0.5, 0.6) is 0 Å². The van der Waals surface area contributed by atoms with Crippen molar-refractivity contribution in [1.29, 1.82) is 5.26 Å². The van der Waals surface area contributed by atoms with Crippen molar-refractivity contribution in [3.05, 3.63) is 40.6 Å². The maximum absolute atomic E-state index is 12.7. The summed E-state index contributed by atoms with van der Waals surface area (Å²) in [5.74, 6) is -0.501. The highest BCUT2D eigenvalue weighted by atomic mass is 32.1. The Bertz CT molecular complexity index is 1130. The number of nitriles is 1. The van der Waals surface area contributed by atoms with Crippen molar-refractivity contribution in [3.63, 3.8) is 0 Å². The summed E-state index contributed by atoms with van der Waals surface area (Å²) in [6, 6.07) is 8.05. The van der Waals surface area contributed by atoms with Gasteiger partial charge in [0.2, 0.25) is 10.3 Å². The van der Waals surface area contributed by atoms with Crippen LogP contribution in [0, 0.1) is 25.2 Å². The number of carbonyl (C=O) groups is 1. The van der Waals surface area contributed by atoms with E-state index in [-0.39, 0.29) is 5.57 Å². The first-order valence-electron chi connectivity index (χ1n) is 9.23. The molecule has 0 atom stereocenters. The topological polar surface area (TPSA) is 107 Å². The number of aryl methyl sites for hydroxylation is 2. The molecule has 8 nitrogen and oxygen atoms in total. The van der Waals surface area contributed by atoms with E-state index >= 15 is 0 Å². The van der Waals surface area contributed by atoms with E-state index in [4.69, 9.17) is 4.74 Å². The second-order valence-electron chi connectivity index (χ2n) is 6.83. The van der Waals surface area contributed by atoms with Crippen LogP contribution in [-0.2, 0) is 9.53 Å². The fourth-order valence-electron chi connectivity index (χ4n) is 3.25. The Kier molecular flexibility index (Phi) is 5.29. The lowest BCUT2D eigenvalue weighted by atomic mass is 10.1. The maximum atomic E-state index is 12.7. The summed E-state index contributed by atoms with van der Waals surface area (Å²) in [5, 5.41) is 22.5. The number of H-pyrrole nitrogens is 1. The van der Waals surface area contributed by atoms with Gasteiger partial charge in [-0.25, -0.2) is 0 Å². The highest BCUT2D eigenvalue weighted by Crippen LogP contribution is 2.27. The van der Waals surface area contributed by atoms with Gasteiger partial charge < -0.3 is 14.6 Å². The summed E-state index contributed by atoms with van der Waals surface area (Å²) < 4.78 is 5.33. The summed E-state index contributed by atoms with van der Waals surface area (Å²) in [6.07, 6.45) is 1.62. The summed E-state index contributed by atoms with van der Waals surface area (Å²) in [7, 11) is 0. The standard InChI is InChI=1S/C20H20N6O2S/c1-12-3-4-17-16(9-12)15(13(2)22-17)10-14(11-21)18(27)23-19-24-25-20(29-19)26-5-7-28-8-6-26/h3-4,9-10,22H,5-8H2,1-2H3,(H,23,24,27)/b14-10-. The van der Waals surface area contributed by atoms with Crippen LogP contribution >= 0.6 is 11.3 Å². The number of benzene rings is 1. The van der Waals surface area contributed by atoms with E-state index in [9.17, 15) is 10.1 Å². The summed E-state index contributed by atoms with van der Waals surface area (Å²) in [5.41, 5.74) is 3.83. The molecule has 148 valence electrons. The molecule has 1 aliphatic heterocycles. The number of hydrogen-bond donors (Lipinski definition) is 2. The summed E-state index contributed by atoms with van der Waals surface area (Å²) >= 11 is 1.28. The number of aromatic amines is 1. The van der Waals surface area contributed by atoms with Gasteiger partial charge in [-0.2, -0.15) is 5.26 Å². The van der Waals surface area contributed by atoms with Crippen molar-refractivity contribution in [2.75, 3.05) is 36.5 Å². The van der Waals surface area contributed by atoms with Crippen LogP contribution in [0.2, 0.25) is 0 Å². The van der Waals surface area contributed by atoms with E-state index in [1.807, 2.05) is 38.1 Å². The molecule has 0 aliphatic carbocycles. The molecular formula is C20H20N6O2S. The van der Waals surface area contributed by atoms with E-state index < -0.39 is 5.91 Å². The third kappa shape index (κ3) is 3.99. The van der Waals surface area contributed by atoms with Crippen LogP contribution in [0.1, 0.15) is 16.8 Å². The van der Waals surface area contributed by atoms with Crippen LogP contribution in [-0.4, -0.2) is 47.4 Å². The van der Waals surface area contributed by atoms with Crippen LogP contribution < -0.4 is 10.2 Å². The Morgan fingerprint density at radius 2 is 2.14 bits per heavy atom. The second kappa shape index (κ2) is 8.03. The minimum Gasteiger partial charge on any atom is -0.378 e. The molecule has 0 unspecified atom stereocenters. The number of amides is 1. The van der Waals surface area contributed by atoms with Gasteiger partial charge in [-0.15, -0.1) is 10.2 Å². The summed E-state index contributed by atoms with van der Waals surface area (Å²) in [6.45, 7) is 6.70. The van der Waals surface area contributed by atoms with Gasteiger partial charge in [0.25, 0.3) is 5.91 Å². The molecule has 29 heavy (non-hydrogen) atoms. The van der Waals surface area contributed by atoms with E-state index in [1.165, 1.54) is 11.3 Å². The lowest BCUT2D eigenvalue weighted by Crippen LogP contribution is -2.36. The minimum absolute atomic E-state index is 0.0126. The zero-order chi connectivity index (χ0) is 20.4. The highest BCUT2D eigenvalue weighted by Gasteiger charge is 2.18. The average molecular weight is 408 g/mol. The molecule has 0 bridgehead atoms. The van der Waals surface area contributed by atoms with Gasteiger partial charge in [0.1, 0.15) is 11.6 Å². The lowest BCUT2D eigenvalue weighted by molar-refractivity contribution is -0.112. The Hall–Kier alpha value is -3.22. The number of nitrogens with zero attached hydrogens (tertiary/aromatic N) is 4. The van der Waals surface area contributed by atoms with Gasteiger partial charge in [0, 0.05) is 35.2 Å². The monoisotopic (exact) mass is 408 g/mol. The van der Waals surface area contributed by atoms with Crippen LogP contribution in [0.3, 0.4) is 0 Å². The fraction of sp³-hybridized carbons (Fsp3) is 0.300. The Morgan fingerprint density at radius 1 is 1.34 bits per heavy atom. The van der Waals surface area contributed by atoms with Gasteiger partial charge in [-0.05, 0) is 32.1 Å². The van der Waals surface area contributed by atoms with E-state index in [1.54, 1.807) is 6.08 Å². The van der Waals surface area contributed by atoms with E-state index in [0.717, 1.165) is 45.9 Å². The molecule has 2 aromatic heterocycles. The van der Waals surface area contributed by atoms with Crippen molar-refractivity contribution >= 4 is 44.5 Å².